The number of aliphatic hydroxyl groups excluding tert-OH is 5. The highest BCUT2D eigenvalue weighted by Gasteiger charge is 2.44. The second kappa shape index (κ2) is 42.3. The third-order valence-corrected chi connectivity index (χ3v) is 11.2. The molecule has 7 unspecified atom stereocenters. The summed E-state index contributed by atoms with van der Waals surface area (Å²) in [5.41, 5.74) is 0. The van der Waals surface area contributed by atoms with Crippen molar-refractivity contribution in [3.63, 3.8) is 0 Å². The minimum atomic E-state index is -1.57. The standard InChI is InChI=1S/C53H91NO8/c1-3-5-7-9-10-11-12-13-14-15-16-17-18-19-20-21-22-23-24-25-26-27-28-29-30-31-32-33-34-35-36-37-38-39-41-43-49(57)54-46(47(56)42-40-8-6-4-2)45-61-53-52(60)51(59)50(58)48(44-55)62-53/h5,7,10-11,13-14,16-17,19-20,22-23,40,42,46-48,50-53,55-56,58-60H,3-4,6,8-9,12,15,18,21,24-39,41,43-45H2,1-2H3,(H,54,57)/b7-5-,11-10-,14-13-,17-16-,20-19-,23-22-,42-40+. The summed E-state index contributed by atoms with van der Waals surface area (Å²) in [6.07, 6.45) is 53.0. The second-order valence-electron chi connectivity index (χ2n) is 16.9. The molecule has 0 bridgehead atoms. The summed E-state index contributed by atoms with van der Waals surface area (Å²) in [5.74, 6) is -0.190. The zero-order valence-corrected chi connectivity index (χ0v) is 39.1. The number of rotatable bonds is 40. The summed E-state index contributed by atoms with van der Waals surface area (Å²) in [4.78, 5) is 12.8. The Bertz CT molecular complexity index is 1240. The summed E-state index contributed by atoms with van der Waals surface area (Å²) in [6.45, 7) is 3.49. The molecule has 1 aliphatic heterocycles. The average Bonchev–Trinajstić information content (AvgIpc) is 3.27. The van der Waals surface area contributed by atoms with Crippen LogP contribution in [-0.4, -0.2) is 87.5 Å². The Balaban J connectivity index is 2.01. The maximum Gasteiger partial charge on any atom is 0.220 e. The normalized spacial score (nSPS) is 21.0. The highest BCUT2D eigenvalue weighted by Crippen LogP contribution is 2.22. The smallest absolute Gasteiger partial charge is 0.220 e. The van der Waals surface area contributed by atoms with E-state index in [0.29, 0.717) is 6.42 Å². The maximum absolute atomic E-state index is 12.8. The van der Waals surface area contributed by atoms with Gasteiger partial charge in [-0.1, -0.05) is 202 Å². The number of carbonyl (C=O) groups excluding carboxylic acids is 1. The number of nitrogens with one attached hydrogen (secondary N) is 1. The molecule has 1 aliphatic rings. The molecule has 6 N–H and O–H groups in total. The van der Waals surface area contributed by atoms with Crippen LogP contribution in [-0.2, 0) is 14.3 Å². The van der Waals surface area contributed by atoms with Gasteiger partial charge in [-0.2, -0.15) is 0 Å². The number of allylic oxidation sites excluding steroid dienone is 13. The molecule has 0 saturated carbocycles. The maximum atomic E-state index is 12.8. The van der Waals surface area contributed by atoms with Crippen LogP contribution in [0.1, 0.15) is 187 Å². The Morgan fingerprint density at radius 2 is 1.00 bits per heavy atom. The zero-order valence-electron chi connectivity index (χ0n) is 39.1. The summed E-state index contributed by atoms with van der Waals surface area (Å²) < 4.78 is 11.1. The van der Waals surface area contributed by atoms with Crippen LogP contribution in [0.15, 0.2) is 85.1 Å². The van der Waals surface area contributed by atoms with Crippen molar-refractivity contribution in [2.24, 2.45) is 0 Å². The molecule has 356 valence electrons. The van der Waals surface area contributed by atoms with E-state index < -0.39 is 49.5 Å². The Kier molecular flexibility index (Phi) is 39.2. The highest BCUT2D eigenvalue weighted by molar-refractivity contribution is 5.76. The van der Waals surface area contributed by atoms with Gasteiger partial charge in [-0.25, -0.2) is 0 Å². The lowest BCUT2D eigenvalue weighted by molar-refractivity contribution is -0.302. The van der Waals surface area contributed by atoms with E-state index in [0.717, 1.165) is 77.0 Å². The monoisotopic (exact) mass is 870 g/mol. The van der Waals surface area contributed by atoms with Crippen LogP contribution in [0.25, 0.3) is 0 Å². The van der Waals surface area contributed by atoms with E-state index in [-0.39, 0.29) is 12.5 Å². The SMILES string of the molecule is CC/C=C\C/C=C\C/C=C\C/C=C\C/C=C\C/C=C\CCCCCCCCCCCCCCCCCCC(=O)NC(COC1OC(CO)C(O)C(O)C1O)C(O)/C=C/CCCC. The van der Waals surface area contributed by atoms with Crippen LogP contribution < -0.4 is 5.32 Å². The van der Waals surface area contributed by atoms with Crippen molar-refractivity contribution in [2.45, 2.75) is 230 Å². The van der Waals surface area contributed by atoms with Gasteiger partial charge in [-0.15, -0.1) is 0 Å². The molecule has 1 rings (SSSR count). The van der Waals surface area contributed by atoms with Crippen molar-refractivity contribution in [3.05, 3.63) is 85.1 Å². The zero-order chi connectivity index (χ0) is 45.1. The third kappa shape index (κ3) is 32.1. The van der Waals surface area contributed by atoms with Crippen molar-refractivity contribution in [2.75, 3.05) is 13.2 Å². The summed E-state index contributed by atoms with van der Waals surface area (Å²) in [5, 5.41) is 53.6. The lowest BCUT2D eigenvalue weighted by Crippen LogP contribution is -2.60. The van der Waals surface area contributed by atoms with Gasteiger partial charge >= 0.3 is 0 Å². The van der Waals surface area contributed by atoms with Gasteiger partial charge in [0.1, 0.15) is 24.4 Å². The molecular formula is C53H91NO8. The molecule has 0 spiro atoms. The molecule has 1 amide bonds. The topological polar surface area (TPSA) is 149 Å². The number of aliphatic hydroxyl groups is 5. The van der Waals surface area contributed by atoms with Gasteiger partial charge < -0.3 is 40.3 Å². The van der Waals surface area contributed by atoms with Crippen LogP contribution in [0.5, 0.6) is 0 Å². The van der Waals surface area contributed by atoms with Gasteiger partial charge in [-0.05, 0) is 64.2 Å². The summed E-state index contributed by atoms with van der Waals surface area (Å²) in [7, 11) is 0. The van der Waals surface area contributed by atoms with Gasteiger partial charge in [0.25, 0.3) is 0 Å². The largest absolute Gasteiger partial charge is 0.394 e. The van der Waals surface area contributed by atoms with Gasteiger partial charge in [0.15, 0.2) is 6.29 Å². The fourth-order valence-corrected chi connectivity index (χ4v) is 7.26. The summed E-state index contributed by atoms with van der Waals surface area (Å²) in [6, 6.07) is -0.803. The fraction of sp³-hybridized carbons (Fsp3) is 0.717. The lowest BCUT2D eigenvalue weighted by Gasteiger charge is -2.40. The second-order valence-corrected chi connectivity index (χ2v) is 16.9. The Labute approximate surface area is 378 Å². The predicted octanol–water partition coefficient (Wildman–Crippen LogP) is 11.1. The molecule has 1 saturated heterocycles. The Morgan fingerprint density at radius 1 is 0.565 bits per heavy atom. The first-order valence-corrected chi connectivity index (χ1v) is 24.8. The molecule has 0 radical (unpaired) electrons. The van der Waals surface area contributed by atoms with Crippen LogP contribution in [0.3, 0.4) is 0 Å². The van der Waals surface area contributed by atoms with E-state index in [4.69, 9.17) is 9.47 Å². The molecule has 1 heterocycles. The molecule has 0 aliphatic carbocycles. The van der Waals surface area contributed by atoms with Crippen LogP contribution >= 0.6 is 0 Å². The van der Waals surface area contributed by atoms with E-state index in [1.54, 1.807) is 6.08 Å². The molecular weight excluding hydrogens is 779 g/mol. The third-order valence-electron chi connectivity index (χ3n) is 11.2. The number of hydrogen-bond acceptors (Lipinski definition) is 8. The van der Waals surface area contributed by atoms with Gasteiger partial charge in [-0.3, -0.25) is 4.79 Å². The van der Waals surface area contributed by atoms with Crippen LogP contribution in [0.4, 0.5) is 0 Å². The number of unbranched alkanes of at least 4 members (excludes halogenated alkanes) is 18. The quantitative estimate of drug-likeness (QED) is 0.0263. The van der Waals surface area contributed by atoms with Crippen LogP contribution in [0, 0.1) is 0 Å². The first kappa shape index (κ1) is 57.4. The number of carbonyl (C=O) groups is 1. The van der Waals surface area contributed by atoms with E-state index in [9.17, 15) is 30.3 Å². The molecule has 9 heteroatoms. The first-order chi connectivity index (χ1) is 30.3. The molecule has 7 atom stereocenters. The molecule has 62 heavy (non-hydrogen) atoms. The average molecular weight is 870 g/mol. The van der Waals surface area contributed by atoms with Gasteiger partial charge in [0.05, 0.1) is 25.4 Å². The minimum absolute atomic E-state index is 0.190. The van der Waals surface area contributed by atoms with E-state index in [1.807, 2.05) is 6.08 Å². The van der Waals surface area contributed by atoms with Crippen molar-refractivity contribution in [1.29, 1.82) is 0 Å². The Hall–Kier alpha value is -2.63. The lowest BCUT2D eigenvalue weighted by atomic mass is 9.99. The van der Waals surface area contributed by atoms with Crippen molar-refractivity contribution in [3.8, 4) is 0 Å². The van der Waals surface area contributed by atoms with Crippen molar-refractivity contribution < 1.29 is 39.8 Å². The number of ether oxygens (including phenoxy) is 2. The number of amides is 1. The highest BCUT2D eigenvalue weighted by atomic mass is 16.7. The first-order valence-electron chi connectivity index (χ1n) is 24.8. The van der Waals surface area contributed by atoms with E-state index >= 15 is 0 Å². The summed E-state index contributed by atoms with van der Waals surface area (Å²) >= 11 is 0. The molecule has 1 fully saturated rings. The van der Waals surface area contributed by atoms with Crippen molar-refractivity contribution >= 4 is 5.91 Å². The fourth-order valence-electron chi connectivity index (χ4n) is 7.26. The van der Waals surface area contributed by atoms with Crippen molar-refractivity contribution in [1.82, 2.24) is 5.32 Å². The Morgan fingerprint density at radius 3 is 1.47 bits per heavy atom. The van der Waals surface area contributed by atoms with E-state index in [1.165, 1.54) is 89.9 Å². The molecule has 0 aromatic carbocycles. The number of hydrogen-bond donors (Lipinski definition) is 6. The minimum Gasteiger partial charge on any atom is -0.394 e. The van der Waals surface area contributed by atoms with Gasteiger partial charge in [0.2, 0.25) is 5.91 Å². The van der Waals surface area contributed by atoms with E-state index in [2.05, 4.69) is 92.1 Å². The molecule has 9 nitrogen and oxygen atoms in total. The molecule has 0 aromatic heterocycles. The molecule has 0 aromatic rings. The predicted molar refractivity (Wildman–Crippen MR) is 258 cm³/mol. The van der Waals surface area contributed by atoms with Gasteiger partial charge in [0, 0.05) is 6.42 Å². The van der Waals surface area contributed by atoms with Crippen LogP contribution in [0.2, 0.25) is 0 Å².